The lowest BCUT2D eigenvalue weighted by molar-refractivity contribution is 0.951. The minimum Gasteiger partial charge on any atom is -0.383 e. The third-order valence-corrected chi connectivity index (χ3v) is 5.44. The summed E-state index contributed by atoms with van der Waals surface area (Å²) >= 11 is 0. The van der Waals surface area contributed by atoms with E-state index in [9.17, 15) is 4.79 Å². The van der Waals surface area contributed by atoms with E-state index in [1.807, 2.05) is 64.1 Å². The molecule has 0 unspecified atom stereocenters. The molecule has 4 aromatic rings. The SMILES string of the molecule is Cc1cccc(Nc2nc3nc(N)nc(N)c3c(=O)n2-c2cccc(C)c2C)c1C. The predicted molar refractivity (Wildman–Crippen MR) is 120 cm³/mol. The smallest absolute Gasteiger partial charge is 0.272 e. The molecule has 4 rings (SSSR count). The average Bonchev–Trinajstić information content (AvgIpc) is 2.68. The first-order valence-electron chi connectivity index (χ1n) is 9.53. The van der Waals surface area contributed by atoms with E-state index in [0.717, 1.165) is 27.9 Å². The highest BCUT2D eigenvalue weighted by Crippen LogP contribution is 2.26. The molecule has 0 amide bonds. The summed E-state index contributed by atoms with van der Waals surface area (Å²) in [6.07, 6.45) is 0. The number of aryl methyl sites for hydroxylation is 2. The second-order valence-electron chi connectivity index (χ2n) is 7.33. The van der Waals surface area contributed by atoms with Gasteiger partial charge in [-0.2, -0.15) is 15.0 Å². The van der Waals surface area contributed by atoms with Gasteiger partial charge in [0, 0.05) is 5.69 Å². The van der Waals surface area contributed by atoms with Crippen LogP contribution < -0.4 is 22.3 Å². The molecule has 8 nitrogen and oxygen atoms in total. The summed E-state index contributed by atoms with van der Waals surface area (Å²) in [5, 5.41) is 3.44. The normalized spacial score (nSPS) is 11.1. The van der Waals surface area contributed by atoms with E-state index >= 15 is 0 Å². The number of rotatable bonds is 3. The van der Waals surface area contributed by atoms with Gasteiger partial charge < -0.3 is 16.8 Å². The topological polar surface area (TPSA) is 125 Å². The summed E-state index contributed by atoms with van der Waals surface area (Å²) in [4.78, 5) is 26.3. The standard InChI is InChI=1S/C22H23N7O/c1-11-7-5-9-15(13(11)3)25-22-28-19-17(18(23)26-21(24)27-19)20(30)29(22)16-10-6-8-12(2)14(16)4/h5-10H,1-4H3,(H5,23,24,25,26,27,28). The summed E-state index contributed by atoms with van der Waals surface area (Å²) in [5.74, 6) is 0.300. The fraction of sp³-hybridized carbons (Fsp3) is 0.182. The van der Waals surface area contributed by atoms with Crippen molar-refractivity contribution in [3.63, 3.8) is 0 Å². The van der Waals surface area contributed by atoms with Crippen molar-refractivity contribution in [1.29, 1.82) is 0 Å². The Bertz CT molecular complexity index is 1360. The van der Waals surface area contributed by atoms with E-state index in [1.165, 1.54) is 4.57 Å². The number of hydrogen-bond donors (Lipinski definition) is 3. The first kappa shape index (κ1) is 19.4. The molecule has 2 aromatic carbocycles. The van der Waals surface area contributed by atoms with Crippen LogP contribution in [0.25, 0.3) is 16.7 Å². The second kappa shape index (κ2) is 7.14. The van der Waals surface area contributed by atoms with E-state index in [-0.39, 0.29) is 28.4 Å². The van der Waals surface area contributed by atoms with Crippen LogP contribution in [0, 0.1) is 27.7 Å². The lowest BCUT2D eigenvalue weighted by atomic mass is 10.1. The van der Waals surface area contributed by atoms with E-state index in [1.54, 1.807) is 0 Å². The van der Waals surface area contributed by atoms with Crippen molar-refractivity contribution in [2.75, 3.05) is 16.8 Å². The molecule has 0 saturated carbocycles. The minimum atomic E-state index is -0.362. The quantitative estimate of drug-likeness (QED) is 0.481. The van der Waals surface area contributed by atoms with Gasteiger partial charge in [-0.15, -0.1) is 0 Å². The van der Waals surface area contributed by atoms with Crippen molar-refractivity contribution in [3.05, 3.63) is 69.0 Å². The molecule has 0 atom stereocenters. The van der Waals surface area contributed by atoms with Crippen LogP contribution in [0.2, 0.25) is 0 Å². The fourth-order valence-electron chi connectivity index (χ4n) is 3.42. The highest BCUT2D eigenvalue weighted by Gasteiger charge is 2.19. The number of nitrogen functional groups attached to an aromatic ring is 2. The zero-order valence-electron chi connectivity index (χ0n) is 17.3. The number of nitrogens with two attached hydrogens (primary N) is 2. The predicted octanol–water partition coefficient (Wildman–Crippen LogP) is 3.32. The van der Waals surface area contributed by atoms with Crippen LogP contribution in [0.1, 0.15) is 22.3 Å². The Hall–Kier alpha value is -3.94. The van der Waals surface area contributed by atoms with Crippen LogP contribution in [-0.2, 0) is 0 Å². The van der Waals surface area contributed by atoms with Crippen molar-refractivity contribution < 1.29 is 0 Å². The monoisotopic (exact) mass is 401 g/mol. The molecule has 30 heavy (non-hydrogen) atoms. The molecular formula is C22H23N7O. The number of aromatic nitrogens is 4. The molecule has 5 N–H and O–H groups in total. The van der Waals surface area contributed by atoms with E-state index in [2.05, 4.69) is 20.3 Å². The third-order valence-electron chi connectivity index (χ3n) is 5.44. The van der Waals surface area contributed by atoms with Crippen LogP contribution in [-0.4, -0.2) is 19.5 Å². The average molecular weight is 401 g/mol. The Morgan fingerprint density at radius 1 is 0.867 bits per heavy atom. The molecule has 0 saturated heterocycles. The molecule has 0 bridgehead atoms. The van der Waals surface area contributed by atoms with Gasteiger partial charge in [-0.1, -0.05) is 24.3 Å². The van der Waals surface area contributed by atoms with Crippen LogP contribution in [0.3, 0.4) is 0 Å². The van der Waals surface area contributed by atoms with E-state index in [0.29, 0.717) is 11.6 Å². The number of fused-ring (bicyclic) bond motifs is 1. The van der Waals surface area contributed by atoms with Gasteiger partial charge in [-0.05, 0) is 62.1 Å². The molecule has 0 fully saturated rings. The number of nitrogens with one attached hydrogen (secondary N) is 1. The zero-order valence-corrected chi connectivity index (χ0v) is 17.3. The van der Waals surface area contributed by atoms with Crippen molar-refractivity contribution in [1.82, 2.24) is 19.5 Å². The summed E-state index contributed by atoms with van der Waals surface area (Å²) in [6.45, 7) is 8.00. The maximum Gasteiger partial charge on any atom is 0.272 e. The van der Waals surface area contributed by atoms with Crippen LogP contribution >= 0.6 is 0 Å². The number of hydrogen-bond acceptors (Lipinski definition) is 7. The van der Waals surface area contributed by atoms with Crippen molar-refractivity contribution in [2.24, 2.45) is 0 Å². The lowest BCUT2D eigenvalue weighted by Crippen LogP contribution is -2.25. The Labute approximate surface area is 173 Å². The Kier molecular flexibility index (Phi) is 4.62. The molecular weight excluding hydrogens is 378 g/mol. The van der Waals surface area contributed by atoms with Gasteiger partial charge in [0.05, 0.1) is 5.69 Å². The first-order valence-corrected chi connectivity index (χ1v) is 9.53. The maximum absolute atomic E-state index is 13.6. The number of nitrogens with zero attached hydrogens (tertiary/aromatic N) is 4. The van der Waals surface area contributed by atoms with Crippen LogP contribution in [0.15, 0.2) is 41.2 Å². The Morgan fingerprint density at radius 2 is 1.53 bits per heavy atom. The molecule has 0 aliphatic rings. The fourth-order valence-corrected chi connectivity index (χ4v) is 3.42. The van der Waals surface area contributed by atoms with E-state index < -0.39 is 0 Å². The van der Waals surface area contributed by atoms with Crippen molar-refractivity contribution in [3.8, 4) is 5.69 Å². The lowest BCUT2D eigenvalue weighted by Gasteiger charge is -2.19. The van der Waals surface area contributed by atoms with Gasteiger partial charge in [0.25, 0.3) is 5.56 Å². The Morgan fingerprint density at radius 3 is 2.27 bits per heavy atom. The van der Waals surface area contributed by atoms with Gasteiger partial charge >= 0.3 is 0 Å². The maximum atomic E-state index is 13.6. The van der Waals surface area contributed by atoms with Gasteiger partial charge in [0.2, 0.25) is 11.9 Å². The highest BCUT2D eigenvalue weighted by atomic mass is 16.1. The van der Waals surface area contributed by atoms with Gasteiger partial charge in [-0.3, -0.25) is 4.79 Å². The van der Waals surface area contributed by atoms with Crippen molar-refractivity contribution in [2.45, 2.75) is 27.7 Å². The minimum absolute atomic E-state index is 0.00680. The molecule has 0 radical (unpaired) electrons. The summed E-state index contributed by atoms with van der Waals surface area (Å²) in [7, 11) is 0. The summed E-state index contributed by atoms with van der Waals surface area (Å²) in [6, 6.07) is 11.7. The van der Waals surface area contributed by atoms with Crippen LogP contribution in [0.5, 0.6) is 0 Å². The number of benzene rings is 2. The van der Waals surface area contributed by atoms with Gasteiger partial charge in [0.15, 0.2) is 5.65 Å². The highest BCUT2D eigenvalue weighted by molar-refractivity contribution is 5.87. The third kappa shape index (κ3) is 3.12. The van der Waals surface area contributed by atoms with Crippen molar-refractivity contribution >= 4 is 34.4 Å². The molecule has 0 aliphatic heterocycles. The molecule has 2 aromatic heterocycles. The van der Waals surface area contributed by atoms with Crippen LogP contribution in [0.4, 0.5) is 23.4 Å². The zero-order chi connectivity index (χ0) is 21.6. The Balaban J connectivity index is 2.08. The molecule has 8 heteroatoms. The summed E-state index contributed by atoms with van der Waals surface area (Å²) < 4.78 is 1.52. The summed E-state index contributed by atoms with van der Waals surface area (Å²) in [5.41, 5.74) is 17.3. The second-order valence-corrected chi connectivity index (χ2v) is 7.33. The first-order chi connectivity index (χ1) is 14.3. The van der Waals surface area contributed by atoms with E-state index in [4.69, 9.17) is 11.5 Å². The largest absolute Gasteiger partial charge is 0.383 e. The molecule has 0 aliphatic carbocycles. The van der Waals surface area contributed by atoms with Gasteiger partial charge in [-0.25, -0.2) is 4.57 Å². The van der Waals surface area contributed by atoms with Gasteiger partial charge in [0.1, 0.15) is 11.2 Å². The molecule has 0 spiro atoms. The molecule has 152 valence electrons. The number of anilines is 4. The molecule has 2 heterocycles.